The van der Waals surface area contributed by atoms with Gasteiger partial charge in [0.1, 0.15) is 12.1 Å². The zero-order chi connectivity index (χ0) is 23.3. The van der Waals surface area contributed by atoms with Gasteiger partial charge in [0.2, 0.25) is 12.7 Å². The van der Waals surface area contributed by atoms with Crippen LogP contribution in [0.2, 0.25) is 0 Å². The number of fused-ring (bicyclic) bond motifs is 2. The van der Waals surface area contributed by atoms with Crippen LogP contribution in [0.3, 0.4) is 0 Å². The Morgan fingerprint density at radius 2 is 1.73 bits per heavy atom. The SMILES string of the molecule is Cc1ccc(-n2c(=O)c3c(cc(C)n3C)n(CC(=O)Nc3ccc4c(c3)OCO4)c2=O)cc1. The Morgan fingerprint density at radius 1 is 1.00 bits per heavy atom. The van der Waals surface area contributed by atoms with Crippen LogP contribution in [0.5, 0.6) is 11.5 Å². The summed E-state index contributed by atoms with van der Waals surface area (Å²) in [6, 6.07) is 13.9. The highest BCUT2D eigenvalue weighted by atomic mass is 16.7. The molecule has 168 valence electrons. The number of ether oxygens (including phenoxy) is 2. The van der Waals surface area contributed by atoms with Gasteiger partial charge >= 0.3 is 5.69 Å². The molecule has 5 rings (SSSR count). The molecule has 0 saturated carbocycles. The van der Waals surface area contributed by atoms with Gasteiger partial charge in [0.15, 0.2) is 11.5 Å². The average molecular weight is 446 g/mol. The van der Waals surface area contributed by atoms with Crippen molar-refractivity contribution in [2.45, 2.75) is 20.4 Å². The highest BCUT2D eigenvalue weighted by molar-refractivity contribution is 5.92. The topological polar surface area (TPSA) is 96.5 Å². The summed E-state index contributed by atoms with van der Waals surface area (Å²) in [4.78, 5) is 39.7. The third-order valence-corrected chi connectivity index (χ3v) is 5.82. The predicted molar refractivity (Wildman–Crippen MR) is 123 cm³/mol. The maximum atomic E-state index is 13.5. The third kappa shape index (κ3) is 3.47. The number of anilines is 1. The lowest BCUT2D eigenvalue weighted by Crippen LogP contribution is -2.41. The monoisotopic (exact) mass is 446 g/mol. The Balaban J connectivity index is 1.59. The first-order valence-corrected chi connectivity index (χ1v) is 10.4. The fourth-order valence-corrected chi connectivity index (χ4v) is 3.98. The maximum Gasteiger partial charge on any atom is 0.336 e. The van der Waals surface area contributed by atoms with Crippen molar-refractivity contribution in [1.82, 2.24) is 13.7 Å². The number of benzene rings is 2. The van der Waals surface area contributed by atoms with Crippen molar-refractivity contribution < 1.29 is 14.3 Å². The summed E-state index contributed by atoms with van der Waals surface area (Å²) >= 11 is 0. The fourth-order valence-electron chi connectivity index (χ4n) is 3.98. The fraction of sp³-hybridized carbons (Fsp3) is 0.208. The number of hydrogen-bond acceptors (Lipinski definition) is 5. The van der Waals surface area contributed by atoms with Crippen LogP contribution in [-0.2, 0) is 18.4 Å². The van der Waals surface area contributed by atoms with Crippen LogP contribution in [0.15, 0.2) is 58.1 Å². The minimum Gasteiger partial charge on any atom is -0.454 e. The van der Waals surface area contributed by atoms with Crippen LogP contribution in [0.4, 0.5) is 5.69 Å². The molecule has 1 amide bonds. The van der Waals surface area contributed by atoms with Crippen LogP contribution in [0.1, 0.15) is 11.3 Å². The number of aromatic nitrogens is 3. The number of aryl methyl sites for hydroxylation is 3. The van der Waals surface area contributed by atoms with Gasteiger partial charge in [0.05, 0.1) is 11.2 Å². The van der Waals surface area contributed by atoms with Gasteiger partial charge < -0.3 is 19.4 Å². The maximum absolute atomic E-state index is 13.5. The van der Waals surface area contributed by atoms with Gasteiger partial charge in [-0.1, -0.05) is 17.7 Å². The van der Waals surface area contributed by atoms with Crippen molar-refractivity contribution in [1.29, 1.82) is 0 Å². The molecule has 3 heterocycles. The summed E-state index contributed by atoms with van der Waals surface area (Å²) in [6.45, 7) is 3.64. The van der Waals surface area contributed by atoms with E-state index in [1.807, 2.05) is 26.0 Å². The largest absolute Gasteiger partial charge is 0.454 e. The molecule has 1 aliphatic heterocycles. The number of nitrogens with zero attached hydrogens (tertiary/aromatic N) is 3. The van der Waals surface area contributed by atoms with Crippen LogP contribution in [0.25, 0.3) is 16.7 Å². The van der Waals surface area contributed by atoms with E-state index in [4.69, 9.17) is 9.47 Å². The highest BCUT2D eigenvalue weighted by Crippen LogP contribution is 2.34. The molecule has 1 N–H and O–H groups in total. The Bertz CT molecular complexity index is 1530. The van der Waals surface area contributed by atoms with Crippen molar-refractivity contribution in [2.24, 2.45) is 7.05 Å². The number of carbonyl (C=O) groups is 1. The molecule has 0 fully saturated rings. The number of carbonyl (C=O) groups excluding carboxylic acids is 1. The molecular formula is C24H22N4O5. The van der Waals surface area contributed by atoms with E-state index in [-0.39, 0.29) is 13.3 Å². The summed E-state index contributed by atoms with van der Waals surface area (Å²) in [5.41, 5.74) is 2.52. The number of rotatable bonds is 4. The van der Waals surface area contributed by atoms with Gasteiger partial charge in [0, 0.05) is 24.5 Å². The minimum absolute atomic E-state index is 0.133. The predicted octanol–water partition coefficient (Wildman–Crippen LogP) is 2.48. The van der Waals surface area contributed by atoms with E-state index < -0.39 is 17.2 Å². The normalized spacial score (nSPS) is 12.3. The lowest BCUT2D eigenvalue weighted by Gasteiger charge is -2.13. The molecule has 0 spiro atoms. The lowest BCUT2D eigenvalue weighted by molar-refractivity contribution is -0.116. The van der Waals surface area contributed by atoms with Gasteiger partial charge in [0.25, 0.3) is 5.56 Å². The zero-order valence-electron chi connectivity index (χ0n) is 18.4. The molecule has 0 atom stereocenters. The number of nitrogens with one attached hydrogen (secondary N) is 1. The minimum atomic E-state index is -0.581. The summed E-state index contributed by atoms with van der Waals surface area (Å²) in [7, 11) is 1.76. The molecule has 0 unspecified atom stereocenters. The Kier molecular flexibility index (Phi) is 4.81. The van der Waals surface area contributed by atoms with Gasteiger partial charge in [-0.2, -0.15) is 0 Å². The molecule has 0 radical (unpaired) electrons. The second-order valence-electron chi connectivity index (χ2n) is 8.04. The number of hydrogen-bond donors (Lipinski definition) is 1. The molecule has 33 heavy (non-hydrogen) atoms. The van der Waals surface area contributed by atoms with Gasteiger partial charge in [-0.15, -0.1) is 0 Å². The van der Waals surface area contributed by atoms with Crippen LogP contribution in [-0.4, -0.2) is 26.4 Å². The molecule has 2 aromatic carbocycles. The van der Waals surface area contributed by atoms with Crippen molar-refractivity contribution in [3.8, 4) is 17.2 Å². The second-order valence-corrected chi connectivity index (χ2v) is 8.04. The molecule has 0 bridgehead atoms. The van der Waals surface area contributed by atoms with E-state index in [9.17, 15) is 14.4 Å². The molecule has 9 heteroatoms. The van der Waals surface area contributed by atoms with E-state index >= 15 is 0 Å². The van der Waals surface area contributed by atoms with Gasteiger partial charge in [-0.25, -0.2) is 9.36 Å². The molecule has 2 aromatic heterocycles. The van der Waals surface area contributed by atoms with E-state index in [1.165, 1.54) is 4.57 Å². The smallest absolute Gasteiger partial charge is 0.336 e. The first kappa shape index (κ1) is 20.6. The Morgan fingerprint density at radius 3 is 2.48 bits per heavy atom. The standard InChI is InChI=1S/C24H22N4O5/c1-14-4-7-17(8-5-14)28-23(30)22-18(10-15(2)26(22)3)27(24(28)31)12-21(29)25-16-6-9-19-20(11-16)33-13-32-19/h4-11H,12-13H2,1-3H3,(H,25,29). The quantitative estimate of drug-likeness (QED) is 0.520. The van der Waals surface area contributed by atoms with Crippen molar-refractivity contribution in [2.75, 3.05) is 12.1 Å². The second kappa shape index (κ2) is 7.70. The molecule has 4 aromatic rings. The summed E-state index contributed by atoms with van der Waals surface area (Å²) in [5, 5.41) is 2.79. The van der Waals surface area contributed by atoms with Crippen LogP contribution in [0, 0.1) is 13.8 Å². The summed E-state index contributed by atoms with van der Waals surface area (Å²) in [6.07, 6.45) is 0. The average Bonchev–Trinajstić information content (AvgIpc) is 3.36. The van der Waals surface area contributed by atoms with Crippen LogP contribution < -0.4 is 26.0 Å². The number of amides is 1. The van der Waals surface area contributed by atoms with Crippen LogP contribution >= 0.6 is 0 Å². The summed E-state index contributed by atoms with van der Waals surface area (Å²) in [5.74, 6) is 0.739. The first-order chi connectivity index (χ1) is 15.8. The molecule has 9 nitrogen and oxygen atoms in total. The van der Waals surface area contributed by atoms with E-state index in [0.717, 1.165) is 15.8 Å². The van der Waals surface area contributed by atoms with E-state index in [1.54, 1.807) is 48.0 Å². The molecule has 1 aliphatic rings. The van der Waals surface area contributed by atoms with E-state index in [0.29, 0.717) is 33.9 Å². The first-order valence-electron chi connectivity index (χ1n) is 10.4. The van der Waals surface area contributed by atoms with E-state index in [2.05, 4.69) is 5.32 Å². The summed E-state index contributed by atoms with van der Waals surface area (Å²) < 4.78 is 14.8. The van der Waals surface area contributed by atoms with Crippen molar-refractivity contribution in [3.05, 3.63) is 80.6 Å². The molecule has 0 saturated heterocycles. The van der Waals surface area contributed by atoms with Gasteiger partial charge in [-0.05, 0) is 44.2 Å². The molecular weight excluding hydrogens is 424 g/mol. The third-order valence-electron chi connectivity index (χ3n) is 5.82. The zero-order valence-corrected chi connectivity index (χ0v) is 18.4. The Hall–Kier alpha value is -4.27. The van der Waals surface area contributed by atoms with Crippen molar-refractivity contribution >= 4 is 22.6 Å². The molecule has 0 aliphatic carbocycles. The lowest BCUT2D eigenvalue weighted by atomic mass is 10.2. The highest BCUT2D eigenvalue weighted by Gasteiger charge is 2.20. The van der Waals surface area contributed by atoms with Gasteiger partial charge in [-0.3, -0.25) is 14.2 Å². The van der Waals surface area contributed by atoms with Crippen molar-refractivity contribution in [3.63, 3.8) is 0 Å². The Labute approximate surface area is 188 Å².